The molecule has 0 aliphatic carbocycles. The number of hydrogen-bond donors (Lipinski definition) is 2. The first-order valence-corrected chi connectivity index (χ1v) is 8.88. The summed E-state index contributed by atoms with van der Waals surface area (Å²) in [7, 11) is 0. The highest BCUT2D eigenvalue weighted by atomic mass is 16.5. The number of carbonyl (C=O) groups excluding carboxylic acids is 1. The number of hydrogen-bond acceptors (Lipinski definition) is 4. The summed E-state index contributed by atoms with van der Waals surface area (Å²) < 4.78 is 5.54. The summed E-state index contributed by atoms with van der Waals surface area (Å²) in [6.07, 6.45) is 3.03. The first kappa shape index (κ1) is 18.0. The van der Waals surface area contributed by atoms with Crippen LogP contribution in [0.1, 0.15) is 18.9 Å². The molecule has 1 amide bonds. The normalized spacial score (nSPS) is 14.6. The molecule has 1 aliphatic rings. The molecule has 0 saturated heterocycles. The second-order valence-electron chi connectivity index (χ2n) is 6.24. The van der Waals surface area contributed by atoms with Gasteiger partial charge in [0.15, 0.2) is 0 Å². The number of amides is 1. The predicted molar refractivity (Wildman–Crippen MR) is 103 cm³/mol. The van der Waals surface area contributed by atoms with Crippen molar-refractivity contribution in [2.45, 2.75) is 13.3 Å². The van der Waals surface area contributed by atoms with E-state index in [9.17, 15) is 9.90 Å². The zero-order chi connectivity index (χ0) is 18.4. The van der Waals surface area contributed by atoms with Crippen LogP contribution in [0.4, 0.5) is 5.69 Å². The smallest absolute Gasteiger partial charge is 0.238 e. The summed E-state index contributed by atoms with van der Waals surface area (Å²) in [5, 5.41) is 12.3. The van der Waals surface area contributed by atoms with Gasteiger partial charge in [0.25, 0.3) is 0 Å². The zero-order valence-corrected chi connectivity index (χ0v) is 14.9. The van der Waals surface area contributed by atoms with E-state index in [4.69, 9.17) is 4.74 Å². The maximum Gasteiger partial charge on any atom is 0.238 e. The van der Waals surface area contributed by atoms with Gasteiger partial charge >= 0.3 is 0 Å². The second kappa shape index (κ2) is 8.54. The van der Waals surface area contributed by atoms with Crippen LogP contribution in [0.2, 0.25) is 0 Å². The molecular weight excluding hydrogens is 328 g/mol. The third-order valence-corrected chi connectivity index (χ3v) is 4.36. The van der Waals surface area contributed by atoms with Gasteiger partial charge in [-0.3, -0.25) is 9.69 Å². The average molecular weight is 352 g/mol. The quantitative estimate of drug-likeness (QED) is 0.835. The Morgan fingerprint density at radius 1 is 1.19 bits per heavy atom. The van der Waals surface area contributed by atoms with Crippen LogP contribution >= 0.6 is 0 Å². The van der Waals surface area contributed by atoms with E-state index in [1.54, 1.807) is 12.1 Å². The molecule has 136 valence electrons. The SMILES string of the molecule is CCOc1ccccc1NC(=O)CN1CC=C(c2ccc(O)cc2)CC1. The number of ether oxygens (including phenoxy) is 1. The van der Waals surface area contributed by atoms with E-state index in [1.807, 2.05) is 43.3 Å². The van der Waals surface area contributed by atoms with Crippen LogP contribution in [-0.4, -0.2) is 42.2 Å². The molecule has 2 aromatic carbocycles. The summed E-state index contributed by atoms with van der Waals surface area (Å²) in [5.41, 5.74) is 3.08. The molecule has 0 spiro atoms. The Kier molecular flexibility index (Phi) is 5.92. The van der Waals surface area contributed by atoms with Crippen LogP contribution in [0, 0.1) is 0 Å². The number of phenols is 1. The van der Waals surface area contributed by atoms with Crippen molar-refractivity contribution in [1.29, 1.82) is 0 Å². The van der Waals surface area contributed by atoms with Crippen LogP contribution in [0.15, 0.2) is 54.6 Å². The Morgan fingerprint density at radius 3 is 2.65 bits per heavy atom. The van der Waals surface area contributed by atoms with Crippen molar-refractivity contribution in [1.82, 2.24) is 4.90 Å². The van der Waals surface area contributed by atoms with Crippen LogP contribution in [0.5, 0.6) is 11.5 Å². The fourth-order valence-corrected chi connectivity index (χ4v) is 3.04. The molecule has 26 heavy (non-hydrogen) atoms. The number of anilines is 1. The molecule has 5 nitrogen and oxygen atoms in total. The molecule has 0 unspecified atom stereocenters. The fourth-order valence-electron chi connectivity index (χ4n) is 3.04. The highest BCUT2D eigenvalue weighted by Crippen LogP contribution is 2.25. The maximum absolute atomic E-state index is 12.4. The average Bonchev–Trinajstić information content (AvgIpc) is 2.65. The number of carbonyl (C=O) groups is 1. The lowest BCUT2D eigenvalue weighted by Gasteiger charge is -2.26. The van der Waals surface area contributed by atoms with E-state index >= 15 is 0 Å². The van der Waals surface area contributed by atoms with E-state index in [-0.39, 0.29) is 11.7 Å². The molecular formula is C21H24N2O3. The van der Waals surface area contributed by atoms with Crippen molar-refractivity contribution in [2.24, 2.45) is 0 Å². The molecule has 0 saturated carbocycles. The van der Waals surface area contributed by atoms with Gasteiger partial charge in [0.2, 0.25) is 5.91 Å². The van der Waals surface area contributed by atoms with Crippen LogP contribution in [0.3, 0.4) is 0 Å². The molecule has 1 heterocycles. The Hall–Kier alpha value is -2.79. The topological polar surface area (TPSA) is 61.8 Å². The number of aromatic hydroxyl groups is 1. The summed E-state index contributed by atoms with van der Waals surface area (Å²) >= 11 is 0. The van der Waals surface area contributed by atoms with Crippen molar-refractivity contribution in [3.63, 3.8) is 0 Å². The lowest BCUT2D eigenvalue weighted by molar-refractivity contribution is -0.117. The molecule has 0 bridgehead atoms. The lowest BCUT2D eigenvalue weighted by Crippen LogP contribution is -2.36. The van der Waals surface area contributed by atoms with Gasteiger partial charge in [-0.25, -0.2) is 0 Å². The number of phenolic OH excluding ortho intramolecular Hbond substituents is 1. The minimum atomic E-state index is -0.0429. The third-order valence-electron chi connectivity index (χ3n) is 4.36. The van der Waals surface area contributed by atoms with Gasteiger partial charge in [-0.1, -0.05) is 30.3 Å². The highest BCUT2D eigenvalue weighted by Gasteiger charge is 2.16. The molecule has 2 N–H and O–H groups in total. The zero-order valence-electron chi connectivity index (χ0n) is 14.9. The van der Waals surface area contributed by atoms with E-state index in [1.165, 1.54) is 5.57 Å². The van der Waals surface area contributed by atoms with Crippen LogP contribution in [-0.2, 0) is 4.79 Å². The predicted octanol–water partition coefficient (Wildman–Crippen LogP) is 3.52. The minimum absolute atomic E-state index is 0.0429. The second-order valence-corrected chi connectivity index (χ2v) is 6.24. The van der Waals surface area contributed by atoms with Crippen molar-refractivity contribution in [3.05, 3.63) is 60.2 Å². The minimum Gasteiger partial charge on any atom is -0.508 e. The Bertz CT molecular complexity index is 784. The van der Waals surface area contributed by atoms with Gasteiger partial charge in [-0.2, -0.15) is 0 Å². The summed E-state index contributed by atoms with van der Waals surface area (Å²) in [6.45, 7) is 4.39. The number of para-hydroxylation sites is 2. The van der Waals surface area contributed by atoms with Gasteiger partial charge < -0.3 is 15.2 Å². The third kappa shape index (κ3) is 4.64. The molecule has 5 heteroatoms. The van der Waals surface area contributed by atoms with Crippen molar-refractivity contribution in [3.8, 4) is 11.5 Å². The molecule has 0 fully saturated rings. The molecule has 1 aliphatic heterocycles. The molecule has 0 radical (unpaired) electrons. The van der Waals surface area contributed by atoms with Crippen molar-refractivity contribution in [2.75, 3.05) is 31.6 Å². The Labute approximate surface area is 153 Å². The standard InChI is InChI=1S/C21H24N2O3/c1-2-26-20-6-4-3-5-19(20)22-21(25)15-23-13-11-17(12-14-23)16-7-9-18(24)10-8-16/h3-11,24H,2,12-15H2,1H3,(H,22,25). The van der Waals surface area contributed by atoms with Crippen molar-refractivity contribution < 1.29 is 14.6 Å². The number of rotatable bonds is 6. The molecule has 0 atom stereocenters. The molecule has 3 rings (SSSR count). The lowest BCUT2D eigenvalue weighted by atomic mass is 9.99. The largest absolute Gasteiger partial charge is 0.508 e. The molecule has 2 aromatic rings. The van der Waals surface area contributed by atoms with E-state index in [0.29, 0.717) is 24.6 Å². The van der Waals surface area contributed by atoms with E-state index in [0.717, 1.165) is 25.1 Å². The van der Waals surface area contributed by atoms with Crippen LogP contribution in [0.25, 0.3) is 5.57 Å². The molecule has 0 aromatic heterocycles. The van der Waals surface area contributed by atoms with Crippen molar-refractivity contribution >= 4 is 17.2 Å². The Morgan fingerprint density at radius 2 is 1.96 bits per heavy atom. The van der Waals surface area contributed by atoms with Crippen LogP contribution < -0.4 is 10.1 Å². The maximum atomic E-state index is 12.4. The monoisotopic (exact) mass is 352 g/mol. The van der Waals surface area contributed by atoms with Gasteiger partial charge in [-0.15, -0.1) is 0 Å². The first-order chi connectivity index (χ1) is 12.7. The summed E-state index contributed by atoms with van der Waals surface area (Å²) in [5.74, 6) is 0.922. The van der Waals surface area contributed by atoms with Gasteiger partial charge in [0, 0.05) is 13.1 Å². The highest BCUT2D eigenvalue weighted by molar-refractivity contribution is 5.93. The number of nitrogens with zero attached hydrogens (tertiary/aromatic N) is 1. The van der Waals surface area contributed by atoms with Gasteiger partial charge in [0.05, 0.1) is 18.8 Å². The van der Waals surface area contributed by atoms with Gasteiger partial charge in [-0.05, 0) is 48.7 Å². The number of benzene rings is 2. The van der Waals surface area contributed by atoms with Gasteiger partial charge in [0.1, 0.15) is 11.5 Å². The first-order valence-electron chi connectivity index (χ1n) is 8.88. The summed E-state index contributed by atoms with van der Waals surface area (Å²) in [4.78, 5) is 14.5. The Balaban J connectivity index is 1.56. The summed E-state index contributed by atoms with van der Waals surface area (Å²) in [6, 6.07) is 14.7. The number of nitrogens with one attached hydrogen (secondary N) is 1. The van der Waals surface area contributed by atoms with E-state index < -0.39 is 0 Å². The van der Waals surface area contributed by atoms with E-state index in [2.05, 4.69) is 16.3 Å². The fraction of sp³-hybridized carbons (Fsp3) is 0.286.